The molecule has 0 radical (unpaired) electrons. The maximum atomic E-state index is 12.4. The van der Waals surface area contributed by atoms with Gasteiger partial charge in [0.1, 0.15) is 0 Å². The van der Waals surface area contributed by atoms with Crippen LogP contribution in [0.4, 0.5) is 11.4 Å². The summed E-state index contributed by atoms with van der Waals surface area (Å²) in [6.07, 6.45) is 0. The minimum absolute atomic E-state index is 0.0374. The number of carbonyl (C=O) groups excluding carboxylic acids is 1. The van der Waals surface area contributed by atoms with Gasteiger partial charge in [-0.1, -0.05) is 12.1 Å². The minimum atomic E-state index is -3.32. The van der Waals surface area contributed by atoms with Gasteiger partial charge in [-0.3, -0.25) is 9.10 Å². The van der Waals surface area contributed by atoms with Crippen LogP contribution >= 0.6 is 0 Å². The van der Waals surface area contributed by atoms with Crippen molar-refractivity contribution in [2.45, 2.75) is 27.7 Å². The summed E-state index contributed by atoms with van der Waals surface area (Å²) in [5, 5.41) is 2.90. The Bertz CT molecular complexity index is 859. The van der Waals surface area contributed by atoms with Gasteiger partial charge in [0, 0.05) is 17.8 Å². The summed E-state index contributed by atoms with van der Waals surface area (Å²) in [6.45, 7) is 7.66. The highest BCUT2D eigenvalue weighted by Crippen LogP contribution is 2.21. The molecule has 0 aromatic heterocycles. The van der Waals surface area contributed by atoms with Gasteiger partial charge in [-0.25, -0.2) is 8.42 Å². The van der Waals surface area contributed by atoms with Crippen LogP contribution in [-0.2, 0) is 10.0 Å². The lowest BCUT2D eigenvalue weighted by atomic mass is 10.1. The second kappa shape index (κ2) is 7.70. The Morgan fingerprint density at radius 3 is 2.24 bits per heavy atom. The van der Waals surface area contributed by atoms with Crippen LogP contribution in [0.5, 0.6) is 0 Å². The number of hydrogen-bond donors (Lipinski definition) is 1. The zero-order chi connectivity index (χ0) is 18.6. The largest absolute Gasteiger partial charge is 0.322 e. The van der Waals surface area contributed by atoms with E-state index in [1.807, 2.05) is 32.0 Å². The molecule has 0 aliphatic rings. The normalized spacial score (nSPS) is 11.2. The number of benzene rings is 2. The molecule has 0 saturated heterocycles. The summed E-state index contributed by atoms with van der Waals surface area (Å²) in [5.74, 6) is -0.183. The molecule has 2 rings (SSSR count). The van der Waals surface area contributed by atoms with E-state index in [-0.39, 0.29) is 11.7 Å². The van der Waals surface area contributed by atoms with E-state index in [1.165, 1.54) is 4.31 Å². The number of anilines is 2. The smallest absolute Gasteiger partial charge is 0.255 e. The van der Waals surface area contributed by atoms with E-state index in [1.54, 1.807) is 38.1 Å². The molecule has 25 heavy (non-hydrogen) atoms. The van der Waals surface area contributed by atoms with Crippen LogP contribution in [0.15, 0.2) is 42.5 Å². The Balaban J connectivity index is 2.21. The fourth-order valence-corrected chi connectivity index (χ4v) is 3.69. The number of aryl methyl sites for hydroxylation is 2. The molecule has 6 heteroatoms. The number of rotatable bonds is 6. The highest BCUT2D eigenvalue weighted by atomic mass is 32.2. The summed E-state index contributed by atoms with van der Waals surface area (Å²) in [4.78, 5) is 12.4. The van der Waals surface area contributed by atoms with Gasteiger partial charge in [0.15, 0.2) is 0 Å². The summed E-state index contributed by atoms with van der Waals surface area (Å²) in [7, 11) is -3.32. The van der Waals surface area contributed by atoms with Crippen LogP contribution in [-0.4, -0.2) is 26.6 Å². The zero-order valence-corrected chi connectivity index (χ0v) is 15.9. The molecule has 1 amide bonds. The molecule has 0 atom stereocenters. The first-order chi connectivity index (χ1) is 11.8. The molecule has 0 aliphatic heterocycles. The zero-order valence-electron chi connectivity index (χ0n) is 15.0. The van der Waals surface area contributed by atoms with Gasteiger partial charge in [0.2, 0.25) is 10.0 Å². The number of carbonyl (C=O) groups is 1. The molecule has 1 N–H and O–H groups in total. The van der Waals surface area contributed by atoms with E-state index >= 15 is 0 Å². The number of nitrogens with one attached hydrogen (secondary N) is 1. The summed E-state index contributed by atoms with van der Waals surface area (Å²) in [5.41, 5.74) is 3.88. The van der Waals surface area contributed by atoms with Crippen molar-refractivity contribution in [1.82, 2.24) is 0 Å². The third-order valence-electron chi connectivity index (χ3n) is 4.05. The molecule has 0 unspecified atom stereocenters. The summed E-state index contributed by atoms with van der Waals surface area (Å²) < 4.78 is 25.6. The molecule has 0 heterocycles. The predicted molar refractivity (Wildman–Crippen MR) is 103 cm³/mol. The van der Waals surface area contributed by atoms with E-state index < -0.39 is 10.0 Å². The summed E-state index contributed by atoms with van der Waals surface area (Å²) in [6, 6.07) is 12.5. The molecule has 2 aromatic rings. The van der Waals surface area contributed by atoms with Crippen molar-refractivity contribution >= 4 is 27.3 Å². The van der Waals surface area contributed by atoms with E-state index in [4.69, 9.17) is 0 Å². The van der Waals surface area contributed by atoms with Crippen molar-refractivity contribution in [2.24, 2.45) is 0 Å². The van der Waals surface area contributed by atoms with Crippen LogP contribution in [0, 0.1) is 13.8 Å². The van der Waals surface area contributed by atoms with E-state index in [0.29, 0.717) is 17.8 Å². The van der Waals surface area contributed by atoms with Crippen molar-refractivity contribution in [2.75, 3.05) is 21.9 Å². The highest BCUT2D eigenvalue weighted by Gasteiger charge is 2.19. The Kier molecular flexibility index (Phi) is 5.85. The van der Waals surface area contributed by atoms with Crippen LogP contribution in [0.1, 0.15) is 35.3 Å². The number of hydrogen-bond acceptors (Lipinski definition) is 3. The molecule has 0 bridgehead atoms. The lowest BCUT2D eigenvalue weighted by molar-refractivity contribution is 0.102. The number of sulfonamides is 1. The van der Waals surface area contributed by atoms with Gasteiger partial charge >= 0.3 is 0 Å². The highest BCUT2D eigenvalue weighted by molar-refractivity contribution is 7.92. The molecular weight excluding hydrogens is 336 g/mol. The van der Waals surface area contributed by atoms with Crippen LogP contribution in [0.25, 0.3) is 0 Å². The standard InChI is InChI=1S/C19H24N2O3S/c1-5-21(25(23,24)6-2)17-11-9-16(10-12-17)19(22)20-18-13-14(3)7-8-15(18)4/h7-13H,5-6H2,1-4H3,(H,20,22). The maximum Gasteiger partial charge on any atom is 0.255 e. The van der Waals surface area contributed by atoms with Gasteiger partial charge in [-0.2, -0.15) is 0 Å². The fraction of sp³-hybridized carbons (Fsp3) is 0.316. The Hall–Kier alpha value is -2.34. The monoisotopic (exact) mass is 360 g/mol. The van der Waals surface area contributed by atoms with Crippen LogP contribution in [0.3, 0.4) is 0 Å². The van der Waals surface area contributed by atoms with E-state index in [9.17, 15) is 13.2 Å². The first kappa shape index (κ1) is 19.0. The van der Waals surface area contributed by atoms with E-state index in [0.717, 1.165) is 16.8 Å². The van der Waals surface area contributed by atoms with Crippen molar-refractivity contribution < 1.29 is 13.2 Å². The molecule has 5 nitrogen and oxygen atoms in total. The number of nitrogens with zero attached hydrogens (tertiary/aromatic N) is 1. The van der Waals surface area contributed by atoms with Gasteiger partial charge < -0.3 is 5.32 Å². The molecule has 0 saturated carbocycles. The molecular formula is C19H24N2O3S. The second-order valence-corrected chi connectivity index (χ2v) is 8.07. The van der Waals surface area contributed by atoms with Crippen molar-refractivity contribution in [3.63, 3.8) is 0 Å². The molecule has 2 aromatic carbocycles. The van der Waals surface area contributed by atoms with Gasteiger partial charge in [-0.05, 0) is 69.2 Å². The minimum Gasteiger partial charge on any atom is -0.322 e. The van der Waals surface area contributed by atoms with Gasteiger partial charge in [0.05, 0.1) is 11.4 Å². The quantitative estimate of drug-likeness (QED) is 0.853. The molecule has 0 aliphatic carbocycles. The van der Waals surface area contributed by atoms with Gasteiger partial charge in [0.25, 0.3) is 5.91 Å². The SMILES string of the molecule is CCN(c1ccc(C(=O)Nc2cc(C)ccc2C)cc1)S(=O)(=O)CC. The molecule has 0 fully saturated rings. The van der Waals surface area contributed by atoms with Crippen LogP contribution < -0.4 is 9.62 Å². The van der Waals surface area contributed by atoms with Gasteiger partial charge in [-0.15, -0.1) is 0 Å². The predicted octanol–water partition coefficient (Wildman–Crippen LogP) is 3.73. The first-order valence-corrected chi connectivity index (χ1v) is 9.88. The summed E-state index contributed by atoms with van der Waals surface area (Å²) >= 11 is 0. The average Bonchev–Trinajstić information content (AvgIpc) is 2.59. The van der Waals surface area contributed by atoms with E-state index in [2.05, 4.69) is 5.32 Å². The average molecular weight is 360 g/mol. The maximum absolute atomic E-state index is 12.4. The van der Waals surface area contributed by atoms with Crippen molar-refractivity contribution in [1.29, 1.82) is 0 Å². The third kappa shape index (κ3) is 4.39. The second-order valence-electron chi connectivity index (χ2n) is 5.88. The number of amides is 1. The topological polar surface area (TPSA) is 66.5 Å². The molecule has 134 valence electrons. The lowest BCUT2D eigenvalue weighted by Gasteiger charge is -2.22. The Morgan fingerprint density at radius 1 is 1.04 bits per heavy atom. The Morgan fingerprint density at radius 2 is 1.68 bits per heavy atom. The molecule has 0 spiro atoms. The first-order valence-electron chi connectivity index (χ1n) is 8.27. The van der Waals surface area contributed by atoms with Crippen molar-refractivity contribution in [3.8, 4) is 0 Å². The van der Waals surface area contributed by atoms with Crippen LogP contribution in [0.2, 0.25) is 0 Å². The fourth-order valence-electron chi connectivity index (χ4n) is 2.54. The van der Waals surface area contributed by atoms with Crippen molar-refractivity contribution in [3.05, 3.63) is 59.2 Å². The third-order valence-corrected chi connectivity index (χ3v) is 5.92. The lowest BCUT2D eigenvalue weighted by Crippen LogP contribution is -2.32. The Labute approximate surface area is 149 Å².